The maximum absolute atomic E-state index is 10.1. The zero-order valence-electron chi connectivity index (χ0n) is 6.64. The molecule has 0 bridgehead atoms. The normalized spacial score (nSPS) is 10.8. The van der Waals surface area contributed by atoms with Crippen LogP contribution in [0.4, 0.5) is 0 Å². The largest absolute Gasteiger partial charge is 0.480 e. The number of aliphatic carboxylic acids is 1. The van der Waals surface area contributed by atoms with Crippen molar-refractivity contribution >= 4 is 17.7 Å². The number of hydrogen-bond donors (Lipinski definition) is 3. The van der Waals surface area contributed by atoms with E-state index in [1.165, 1.54) is 5.34 Å². The van der Waals surface area contributed by atoms with E-state index in [0.717, 1.165) is 5.75 Å². The average molecular weight is 196 g/mol. The Morgan fingerprint density at radius 1 is 1.75 bits per heavy atom. The third-order valence-corrected chi connectivity index (χ3v) is 1.59. The first kappa shape index (κ1) is 13.7. The summed E-state index contributed by atoms with van der Waals surface area (Å²) in [4.78, 5) is 18.2. The summed E-state index contributed by atoms with van der Waals surface area (Å²) in [7, 11) is 0. The monoisotopic (exact) mass is 196 g/mol. The van der Waals surface area contributed by atoms with Crippen molar-refractivity contribution < 1.29 is 15.1 Å². The van der Waals surface area contributed by atoms with Gasteiger partial charge in [0.1, 0.15) is 6.04 Å². The van der Waals surface area contributed by atoms with Gasteiger partial charge in [-0.15, -0.1) is 4.91 Å². The molecule has 6 nitrogen and oxygen atoms in total. The Balaban J connectivity index is 0. The number of carbonyl (C=O) groups is 1. The minimum Gasteiger partial charge on any atom is -0.480 e. The SMILES string of the molecule is CSCC[C@H](N)C(=O)O.O=NO. The zero-order valence-corrected chi connectivity index (χ0v) is 7.45. The van der Waals surface area contributed by atoms with Gasteiger partial charge in [0.05, 0.1) is 0 Å². The molecule has 12 heavy (non-hydrogen) atoms. The van der Waals surface area contributed by atoms with Gasteiger partial charge in [-0.25, -0.2) is 0 Å². The number of nitrogens with zero attached hydrogens (tertiary/aromatic N) is 1. The van der Waals surface area contributed by atoms with Crippen LogP contribution in [0, 0.1) is 4.91 Å². The standard InChI is InChI=1S/C5H11NO2S.HNO2/c1-9-3-2-4(6)5(7)8;2-1-3/h4H,2-3,6H2,1H3,(H,7,8);(H,2,3)/t4-;/m0./s1. The summed E-state index contributed by atoms with van der Waals surface area (Å²) in [5.41, 5.74) is 5.19. The smallest absolute Gasteiger partial charge is 0.320 e. The molecule has 0 saturated carbocycles. The molecular weight excluding hydrogens is 184 g/mol. The van der Waals surface area contributed by atoms with Crippen molar-refractivity contribution in [2.75, 3.05) is 12.0 Å². The molecule has 0 spiro atoms. The van der Waals surface area contributed by atoms with Crippen LogP contribution >= 0.6 is 11.8 Å². The topological polar surface area (TPSA) is 113 Å². The van der Waals surface area contributed by atoms with Gasteiger partial charge in [-0.05, 0) is 18.4 Å². The molecule has 0 aliphatic rings. The van der Waals surface area contributed by atoms with Crippen molar-refractivity contribution in [2.45, 2.75) is 12.5 Å². The molecule has 0 heterocycles. The van der Waals surface area contributed by atoms with E-state index in [4.69, 9.17) is 21.0 Å². The molecule has 0 rings (SSSR count). The molecule has 0 saturated heterocycles. The number of carboxylic acids is 1. The van der Waals surface area contributed by atoms with Gasteiger partial charge in [0.2, 0.25) is 0 Å². The van der Waals surface area contributed by atoms with Gasteiger partial charge in [-0.2, -0.15) is 11.8 Å². The maximum Gasteiger partial charge on any atom is 0.320 e. The summed E-state index contributed by atoms with van der Waals surface area (Å²) in [5.74, 6) is -0.1000. The number of carboxylic acid groups (broad SMARTS) is 1. The lowest BCUT2D eigenvalue weighted by atomic mass is 10.2. The summed E-state index contributed by atoms with van der Waals surface area (Å²) in [6.07, 6.45) is 2.48. The maximum atomic E-state index is 10.1. The summed E-state index contributed by atoms with van der Waals surface area (Å²) < 4.78 is 0. The summed E-state index contributed by atoms with van der Waals surface area (Å²) in [5, 5.41) is 16.2. The minimum absolute atomic E-state index is 0.552. The molecule has 0 aromatic rings. The lowest BCUT2D eigenvalue weighted by Crippen LogP contribution is -2.30. The fourth-order valence-corrected chi connectivity index (χ4v) is 0.858. The van der Waals surface area contributed by atoms with E-state index in [9.17, 15) is 4.79 Å². The van der Waals surface area contributed by atoms with Crippen molar-refractivity contribution in [1.29, 1.82) is 0 Å². The Morgan fingerprint density at radius 2 is 2.17 bits per heavy atom. The highest BCUT2D eigenvalue weighted by Gasteiger charge is 2.08. The van der Waals surface area contributed by atoms with Crippen LogP contribution in [-0.2, 0) is 4.79 Å². The summed E-state index contributed by atoms with van der Waals surface area (Å²) in [6, 6.07) is -0.683. The molecule has 4 N–H and O–H groups in total. The van der Waals surface area contributed by atoms with E-state index >= 15 is 0 Å². The van der Waals surface area contributed by atoms with Crippen molar-refractivity contribution in [3.8, 4) is 0 Å². The predicted molar refractivity (Wildman–Crippen MR) is 46.2 cm³/mol. The molecule has 72 valence electrons. The Kier molecular flexibility index (Phi) is 11.7. The first-order chi connectivity index (χ1) is 5.59. The predicted octanol–water partition coefficient (Wildman–Crippen LogP) is 0.293. The molecule has 0 unspecified atom stereocenters. The molecule has 7 heteroatoms. The molecule has 0 aliphatic carbocycles. The summed E-state index contributed by atoms with van der Waals surface area (Å²) >= 11 is 1.60. The number of hydrogen-bond acceptors (Lipinski definition) is 5. The quantitative estimate of drug-likeness (QED) is 0.440. The van der Waals surface area contributed by atoms with Crippen molar-refractivity contribution in [1.82, 2.24) is 0 Å². The van der Waals surface area contributed by atoms with Gasteiger partial charge < -0.3 is 16.0 Å². The fraction of sp³-hybridized carbons (Fsp3) is 0.800. The minimum atomic E-state index is -0.913. The zero-order chi connectivity index (χ0) is 9.98. The van der Waals surface area contributed by atoms with Crippen LogP contribution in [0.3, 0.4) is 0 Å². The third kappa shape index (κ3) is 11.9. The number of rotatable bonds is 4. The van der Waals surface area contributed by atoms with E-state index in [0.29, 0.717) is 6.42 Å². The average Bonchev–Trinajstić information content (AvgIpc) is 2.01. The molecule has 0 fully saturated rings. The molecule has 0 aliphatic heterocycles. The first-order valence-corrected chi connectivity index (χ1v) is 4.43. The van der Waals surface area contributed by atoms with E-state index in [1.54, 1.807) is 11.8 Å². The van der Waals surface area contributed by atoms with Gasteiger partial charge in [-0.3, -0.25) is 4.79 Å². The van der Waals surface area contributed by atoms with Crippen molar-refractivity contribution in [3.05, 3.63) is 4.91 Å². The van der Waals surface area contributed by atoms with Crippen LogP contribution in [0.2, 0.25) is 0 Å². The second-order valence-corrected chi connectivity index (χ2v) is 2.79. The van der Waals surface area contributed by atoms with Crippen LogP contribution in [0.5, 0.6) is 0 Å². The Labute approximate surface area is 74.1 Å². The van der Waals surface area contributed by atoms with Crippen LogP contribution in [0.1, 0.15) is 6.42 Å². The van der Waals surface area contributed by atoms with Gasteiger partial charge in [0, 0.05) is 0 Å². The van der Waals surface area contributed by atoms with E-state index in [-0.39, 0.29) is 0 Å². The van der Waals surface area contributed by atoms with Gasteiger partial charge >= 0.3 is 5.97 Å². The number of nitrogens with two attached hydrogens (primary N) is 1. The van der Waals surface area contributed by atoms with Crippen LogP contribution in [0.15, 0.2) is 5.34 Å². The molecule has 0 amide bonds. The van der Waals surface area contributed by atoms with Gasteiger partial charge in [-0.1, -0.05) is 0 Å². The molecule has 1 atom stereocenters. The Morgan fingerprint density at radius 3 is 2.42 bits per heavy atom. The molecule has 0 radical (unpaired) electrons. The molecular formula is C5H12N2O4S. The summed E-state index contributed by atoms with van der Waals surface area (Å²) in [6.45, 7) is 0. The fourth-order valence-electron chi connectivity index (χ4n) is 0.368. The lowest BCUT2D eigenvalue weighted by molar-refractivity contribution is -0.138. The molecule has 0 aromatic heterocycles. The van der Waals surface area contributed by atoms with E-state index in [1.807, 2.05) is 6.26 Å². The first-order valence-electron chi connectivity index (χ1n) is 3.04. The third-order valence-electron chi connectivity index (χ3n) is 0.950. The van der Waals surface area contributed by atoms with E-state index < -0.39 is 12.0 Å². The molecule has 0 aromatic carbocycles. The van der Waals surface area contributed by atoms with Crippen molar-refractivity contribution in [3.63, 3.8) is 0 Å². The van der Waals surface area contributed by atoms with Gasteiger partial charge in [0.25, 0.3) is 0 Å². The Hall–Kier alpha value is -0.820. The van der Waals surface area contributed by atoms with Crippen molar-refractivity contribution in [2.24, 2.45) is 11.1 Å². The highest BCUT2D eigenvalue weighted by molar-refractivity contribution is 7.98. The van der Waals surface area contributed by atoms with Crippen LogP contribution < -0.4 is 5.73 Å². The van der Waals surface area contributed by atoms with Crippen LogP contribution in [-0.4, -0.2) is 34.3 Å². The lowest BCUT2D eigenvalue weighted by Gasteiger charge is -2.02. The van der Waals surface area contributed by atoms with E-state index in [2.05, 4.69) is 0 Å². The highest BCUT2D eigenvalue weighted by Crippen LogP contribution is 1.97. The van der Waals surface area contributed by atoms with Crippen LogP contribution in [0.25, 0.3) is 0 Å². The number of thioether (sulfide) groups is 1. The van der Waals surface area contributed by atoms with Gasteiger partial charge in [0.15, 0.2) is 5.34 Å². The highest BCUT2D eigenvalue weighted by atomic mass is 32.2. The second kappa shape index (κ2) is 10.2. The Bertz CT molecular complexity index is 133. The second-order valence-electron chi connectivity index (χ2n) is 1.81.